The highest BCUT2D eigenvalue weighted by molar-refractivity contribution is 5.63. The molecule has 0 atom stereocenters. The molecule has 19 heavy (non-hydrogen) atoms. The number of rotatable bonds is 5. The molecule has 1 heterocycles. The first-order valence-corrected chi connectivity index (χ1v) is 7.03. The molecule has 1 aliphatic rings. The van der Waals surface area contributed by atoms with Crippen LogP contribution in [0.3, 0.4) is 0 Å². The number of piperazine rings is 1. The summed E-state index contributed by atoms with van der Waals surface area (Å²) in [4.78, 5) is 2.49. The standard InChI is InChI=1S/C15H25N3O/c1-12-10-13(2)15(14(11-12)19-3)17-6-9-18-7-4-16-5-8-18/h10-11,16-17H,4-9H2,1-3H3. The van der Waals surface area contributed by atoms with E-state index in [1.807, 2.05) is 0 Å². The summed E-state index contributed by atoms with van der Waals surface area (Å²) in [5.74, 6) is 0.942. The Balaban J connectivity index is 1.91. The van der Waals surface area contributed by atoms with Gasteiger partial charge in [-0.05, 0) is 31.0 Å². The summed E-state index contributed by atoms with van der Waals surface area (Å²) in [6, 6.07) is 4.27. The van der Waals surface area contributed by atoms with Crippen molar-refractivity contribution in [2.45, 2.75) is 13.8 Å². The molecule has 0 unspecified atom stereocenters. The molecule has 0 aromatic heterocycles. The Hall–Kier alpha value is -1.26. The molecule has 1 aromatic rings. The van der Waals surface area contributed by atoms with Crippen LogP contribution in [0, 0.1) is 13.8 Å². The highest BCUT2D eigenvalue weighted by Crippen LogP contribution is 2.29. The zero-order valence-corrected chi connectivity index (χ0v) is 12.3. The van der Waals surface area contributed by atoms with E-state index >= 15 is 0 Å². The van der Waals surface area contributed by atoms with Gasteiger partial charge in [0, 0.05) is 39.3 Å². The first kappa shape index (κ1) is 14.2. The lowest BCUT2D eigenvalue weighted by atomic mass is 10.1. The van der Waals surface area contributed by atoms with Crippen LogP contribution in [0.15, 0.2) is 12.1 Å². The Morgan fingerprint density at radius 3 is 2.68 bits per heavy atom. The van der Waals surface area contributed by atoms with Crippen molar-refractivity contribution in [1.29, 1.82) is 0 Å². The average molecular weight is 263 g/mol. The third-order valence-corrected chi connectivity index (χ3v) is 3.60. The molecular formula is C15H25N3O. The van der Waals surface area contributed by atoms with Gasteiger partial charge in [-0.2, -0.15) is 0 Å². The van der Waals surface area contributed by atoms with E-state index in [2.05, 4.69) is 41.5 Å². The Bertz CT molecular complexity index is 414. The predicted molar refractivity (Wildman–Crippen MR) is 80.3 cm³/mol. The fraction of sp³-hybridized carbons (Fsp3) is 0.600. The van der Waals surface area contributed by atoms with Gasteiger partial charge in [-0.3, -0.25) is 4.90 Å². The maximum Gasteiger partial charge on any atom is 0.142 e. The molecule has 4 nitrogen and oxygen atoms in total. The van der Waals surface area contributed by atoms with E-state index in [9.17, 15) is 0 Å². The topological polar surface area (TPSA) is 36.5 Å². The molecule has 4 heteroatoms. The van der Waals surface area contributed by atoms with E-state index in [0.717, 1.165) is 50.7 Å². The van der Waals surface area contributed by atoms with Gasteiger partial charge >= 0.3 is 0 Å². The summed E-state index contributed by atoms with van der Waals surface area (Å²) in [7, 11) is 1.73. The molecule has 1 aliphatic heterocycles. The number of hydrogen-bond donors (Lipinski definition) is 2. The zero-order chi connectivity index (χ0) is 13.7. The van der Waals surface area contributed by atoms with Crippen LogP contribution in [-0.4, -0.2) is 51.3 Å². The first-order chi connectivity index (χ1) is 9.20. The number of nitrogens with zero attached hydrogens (tertiary/aromatic N) is 1. The minimum absolute atomic E-state index is 0.942. The van der Waals surface area contributed by atoms with Gasteiger partial charge in [0.05, 0.1) is 12.8 Å². The van der Waals surface area contributed by atoms with Gasteiger partial charge in [-0.15, -0.1) is 0 Å². The van der Waals surface area contributed by atoms with Crippen molar-refractivity contribution in [3.8, 4) is 5.75 Å². The van der Waals surface area contributed by atoms with Gasteiger partial charge in [-0.25, -0.2) is 0 Å². The number of nitrogens with one attached hydrogen (secondary N) is 2. The molecule has 106 valence electrons. The lowest BCUT2D eigenvalue weighted by Crippen LogP contribution is -2.45. The molecule has 1 saturated heterocycles. The van der Waals surface area contributed by atoms with Crippen molar-refractivity contribution in [2.24, 2.45) is 0 Å². The Labute approximate surface area is 116 Å². The summed E-state index contributed by atoms with van der Waals surface area (Å²) in [5, 5.41) is 6.89. The first-order valence-electron chi connectivity index (χ1n) is 7.03. The van der Waals surface area contributed by atoms with E-state index in [4.69, 9.17) is 4.74 Å². The van der Waals surface area contributed by atoms with E-state index < -0.39 is 0 Å². The third-order valence-electron chi connectivity index (χ3n) is 3.60. The Morgan fingerprint density at radius 2 is 2.00 bits per heavy atom. The second kappa shape index (κ2) is 6.78. The SMILES string of the molecule is COc1cc(C)cc(C)c1NCCN1CCNCC1. The van der Waals surface area contributed by atoms with Crippen molar-refractivity contribution in [3.63, 3.8) is 0 Å². The zero-order valence-electron chi connectivity index (χ0n) is 12.3. The van der Waals surface area contributed by atoms with E-state index in [1.54, 1.807) is 7.11 Å². The Morgan fingerprint density at radius 1 is 1.26 bits per heavy atom. The second-order valence-corrected chi connectivity index (χ2v) is 5.18. The van der Waals surface area contributed by atoms with Crippen LogP contribution in [0.2, 0.25) is 0 Å². The molecular weight excluding hydrogens is 238 g/mol. The average Bonchev–Trinajstić information content (AvgIpc) is 2.42. The number of benzene rings is 1. The second-order valence-electron chi connectivity index (χ2n) is 5.18. The molecule has 0 saturated carbocycles. The van der Waals surface area contributed by atoms with Gasteiger partial charge in [0.2, 0.25) is 0 Å². The molecule has 2 N–H and O–H groups in total. The van der Waals surface area contributed by atoms with Crippen LogP contribution in [0.4, 0.5) is 5.69 Å². The molecule has 0 spiro atoms. The summed E-state index contributed by atoms with van der Waals surface area (Å²) >= 11 is 0. The summed E-state index contributed by atoms with van der Waals surface area (Å²) in [6.07, 6.45) is 0. The lowest BCUT2D eigenvalue weighted by Gasteiger charge is -2.27. The number of methoxy groups -OCH3 is 1. The normalized spacial score (nSPS) is 16.4. The maximum atomic E-state index is 5.46. The molecule has 0 aliphatic carbocycles. The van der Waals surface area contributed by atoms with Crippen molar-refractivity contribution in [3.05, 3.63) is 23.3 Å². The van der Waals surface area contributed by atoms with Crippen molar-refractivity contribution < 1.29 is 4.74 Å². The van der Waals surface area contributed by atoms with Gasteiger partial charge in [0.1, 0.15) is 5.75 Å². The van der Waals surface area contributed by atoms with Gasteiger partial charge in [0.15, 0.2) is 0 Å². The largest absolute Gasteiger partial charge is 0.495 e. The highest BCUT2D eigenvalue weighted by atomic mass is 16.5. The molecule has 0 radical (unpaired) electrons. The summed E-state index contributed by atoms with van der Waals surface area (Å²) in [5.41, 5.74) is 3.61. The van der Waals surface area contributed by atoms with E-state index in [-0.39, 0.29) is 0 Å². The minimum atomic E-state index is 0.942. The van der Waals surface area contributed by atoms with Crippen LogP contribution in [-0.2, 0) is 0 Å². The minimum Gasteiger partial charge on any atom is -0.495 e. The Kier molecular flexibility index (Phi) is 5.05. The monoisotopic (exact) mass is 263 g/mol. The molecule has 0 amide bonds. The summed E-state index contributed by atoms with van der Waals surface area (Å²) < 4.78 is 5.46. The number of ether oxygens (including phenoxy) is 1. The molecule has 1 fully saturated rings. The predicted octanol–water partition coefficient (Wildman–Crippen LogP) is 1.63. The lowest BCUT2D eigenvalue weighted by molar-refractivity contribution is 0.249. The fourth-order valence-corrected chi connectivity index (χ4v) is 2.59. The van der Waals surface area contributed by atoms with Crippen LogP contribution >= 0.6 is 0 Å². The fourth-order valence-electron chi connectivity index (χ4n) is 2.59. The molecule has 0 bridgehead atoms. The third kappa shape index (κ3) is 3.85. The molecule has 2 rings (SSSR count). The van der Waals surface area contributed by atoms with E-state index in [1.165, 1.54) is 11.1 Å². The van der Waals surface area contributed by atoms with Gasteiger partial charge in [-0.1, -0.05) is 6.07 Å². The van der Waals surface area contributed by atoms with E-state index in [0.29, 0.717) is 0 Å². The maximum absolute atomic E-state index is 5.46. The van der Waals surface area contributed by atoms with Crippen LogP contribution in [0.1, 0.15) is 11.1 Å². The number of aryl methyl sites for hydroxylation is 2. The quantitative estimate of drug-likeness (QED) is 0.846. The smallest absolute Gasteiger partial charge is 0.142 e. The van der Waals surface area contributed by atoms with Gasteiger partial charge < -0.3 is 15.4 Å². The number of hydrogen-bond acceptors (Lipinski definition) is 4. The van der Waals surface area contributed by atoms with Crippen LogP contribution < -0.4 is 15.4 Å². The highest BCUT2D eigenvalue weighted by Gasteiger charge is 2.10. The summed E-state index contributed by atoms with van der Waals surface area (Å²) in [6.45, 7) is 10.8. The van der Waals surface area contributed by atoms with Crippen molar-refractivity contribution >= 4 is 5.69 Å². The van der Waals surface area contributed by atoms with Crippen LogP contribution in [0.25, 0.3) is 0 Å². The van der Waals surface area contributed by atoms with Crippen molar-refractivity contribution in [2.75, 3.05) is 51.7 Å². The molecule has 1 aromatic carbocycles. The number of anilines is 1. The van der Waals surface area contributed by atoms with Gasteiger partial charge in [0.25, 0.3) is 0 Å². The van der Waals surface area contributed by atoms with Crippen LogP contribution in [0.5, 0.6) is 5.75 Å². The van der Waals surface area contributed by atoms with Crippen molar-refractivity contribution in [1.82, 2.24) is 10.2 Å².